The molecule has 1 amide bonds. The number of aromatic hydroxyl groups is 1. The van der Waals surface area contributed by atoms with Crippen LogP contribution in [0.4, 0.5) is 20.9 Å². The van der Waals surface area contributed by atoms with Gasteiger partial charge in [-0.05, 0) is 24.3 Å². The van der Waals surface area contributed by atoms with Gasteiger partial charge in [0.2, 0.25) is 5.88 Å². The number of nitrogens with one attached hydrogen (secondary N) is 1. The number of nitro groups is 1. The summed E-state index contributed by atoms with van der Waals surface area (Å²) in [5.41, 5.74) is 0.0533. The van der Waals surface area contributed by atoms with Gasteiger partial charge in [-0.15, -0.1) is 0 Å². The lowest BCUT2D eigenvalue weighted by Gasteiger charge is -2.02. The van der Waals surface area contributed by atoms with Crippen molar-refractivity contribution in [3.63, 3.8) is 0 Å². The van der Waals surface area contributed by atoms with Crippen LogP contribution in [0.25, 0.3) is 5.57 Å². The summed E-state index contributed by atoms with van der Waals surface area (Å²) in [6, 6.07) is 9.67. The van der Waals surface area contributed by atoms with E-state index in [1.807, 2.05) is 0 Å². The smallest absolute Gasteiger partial charge is 0.292 e. The first-order chi connectivity index (χ1) is 12.9. The second-order valence-corrected chi connectivity index (χ2v) is 6.52. The Bertz CT molecular complexity index is 1240. The van der Waals surface area contributed by atoms with E-state index in [9.17, 15) is 24.4 Å². The lowest BCUT2D eigenvalue weighted by Crippen LogP contribution is -2.23. The number of halogens is 1. The van der Waals surface area contributed by atoms with Crippen LogP contribution in [0.3, 0.4) is 0 Å². The number of amides is 1. The average molecular weight is 384 g/mol. The standard InChI is InChI=1S/C17H9FN4O4S/c18-8-5-6-10-9(7-8)13(15(23)19-10)14-16(24)21-17(27-14)20-11-3-1-2-4-12(11)22(25)26/h1-7,24H,(H,20,21). The molecule has 27 heavy (non-hydrogen) atoms. The maximum absolute atomic E-state index is 13.6. The Hall–Kier alpha value is -3.66. The van der Waals surface area contributed by atoms with E-state index in [0.717, 1.165) is 17.4 Å². The summed E-state index contributed by atoms with van der Waals surface area (Å²) in [4.78, 5) is 30.7. The maximum Gasteiger partial charge on any atom is 0.292 e. The Balaban J connectivity index is 1.80. The largest absolute Gasteiger partial charge is 0.492 e. The van der Waals surface area contributed by atoms with Gasteiger partial charge < -0.3 is 10.4 Å². The van der Waals surface area contributed by atoms with Gasteiger partial charge in [0, 0.05) is 11.3 Å². The van der Waals surface area contributed by atoms with Crippen LogP contribution in [0.5, 0.6) is 5.88 Å². The van der Waals surface area contributed by atoms with E-state index in [1.165, 1.54) is 30.3 Å². The Morgan fingerprint density at radius 2 is 2.00 bits per heavy atom. The highest BCUT2D eigenvalue weighted by Crippen LogP contribution is 2.36. The Morgan fingerprint density at radius 3 is 2.78 bits per heavy atom. The lowest BCUT2D eigenvalue weighted by molar-refractivity contribution is -0.383. The Labute approximate surface area is 154 Å². The highest BCUT2D eigenvalue weighted by molar-refractivity contribution is 7.17. The summed E-state index contributed by atoms with van der Waals surface area (Å²) in [7, 11) is 0. The zero-order valence-corrected chi connectivity index (χ0v) is 14.2. The molecule has 0 fully saturated rings. The molecule has 134 valence electrons. The first-order valence-electron chi connectivity index (χ1n) is 7.57. The van der Waals surface area contributed by atoms with E-state index in [1.54, 1.807) is 6.07 Å². The van der Waals surface area contributed by atoms with Crippen molar-refractivity contribution in [3.05, 3.63) is 73.8 Å². The van der Waals surface area contributed by atoms with Gasteiger partial charge >= 0.3 is 0 Å². The molecule has 0 spiro atoms. The fraction of sp³-hybridized carbons (Fsp3) is 0. The number of anilines is 2. The molecular weight excluding hydrogens is 375 g/mol. The fourth-order valence-corrected chi connectivity index (χ4v) is 3.61. The topological polar surface area (TPSA) is 118 Å². The van der Waals surface area contributed by atoms with Crippen LogP contribution >= 0.6 is 11.3 Å². The van der Waals surface area contributed by atoms with Gasteiger partial charge in [-0.2, -0.15) is 4.98 Å². The Morgan fingerprint density at radius 1 is 1.22 bits per heavy atom. The lowest BCUT2D eigenvalue weighted by atomic mass is 10.1. The van der Waals surface area contributed by atoms with Gasteiger partial charge in [0.25, 0.3) is 11.6 Å². The molecule has 1 aromatic heterocycles. The maximum atomic E-state index is 13.6. The van der Waals surface area contributed by atoms with Gasteiger partial charge in [-0.1, -0.05) is 23.5 Å². The molecule has 2 heterocycles. The molecule has 1 aliphatic rings. The molecular formula is C17H9FN4O4S. The van der Waals surface area contributed by atoms with E-state index in [2.05, 4.69) is 15.3 Å². The minimum atomic E-state index is -0.619. The summed E-state index contributed by atoms with van der Waals surface area (Å²) >= 11 is 0.910. The van der Waals surface area contributed by atoms with E-state index in [4.69, 9.17) is 0 Å². The van der Waals surface area contributed by atoms with Crippen molar-refractivity contribution < 1.29 is 19.2 Å². The normalized spacial score (nSPS) is 12.6. The molecule has 0 radical (unpaired) electrons. The highest BCUT2D eigenvalue weighted by Gasteiger charge is 2.25. The summed E-state index contributed by atoms with van der Waals surface area (Å²) in [6.45, 7) is 0. The van der Waals surface area contributed by atoms with Crippen LogP contribution in [0.15, 0.2) is 47.5 Å². The van der Waals surface area contributed by atoms with Crippen molar-refractivity contribution in [1.29, 1.82) is 0 Å². The van der Waals surface area contributed by atoms with Gasteiger partial charge in [0.1, 0.15) is 16.4 Å². The third-order valence-electron chi connectivity index (χ3n) is 3.84. The van der Waals surface area contributed by atoms with Crippen LogP contribution in [0.2, 0.25) is 0 Å². The van der Waals surface area contributed by atoms with Crippen molar-refractivity contribution in [1.82, 2.24) is 4.98 Å². The molecule has 8 nitrogen and oxygen atoms in total. The molecule has 4 rings (SSSR count). The number of carbonyl (C=O) groups excluding carboxylic acids is 1. The number of rotatable bonds is 4. The van der Waals surface area contributed by atoms with Crippen molar-refractivity contribution >= 4 is 39.3 Å². The summed E-state index contributed by atoms with van der Waals surface area (Å²) in [5.74, 6) is -1.61. The molecule has 2 aromatic carbocycles. The SMILES string of the molecule is O=C1N=c2ccc(F)cc2=C1c1sc(Nc2ccccc2[N+](=O)[O-])nc1O. The predicted molar refractivity (Wildman–Crippen MR) is 94.9 cm³/mol. The van der Waals surface area contributed by atoms with Crippen molar-refractivity contribution in [2.75, 3.05) is 5.32 Å². The number of aromatic nitrogens is 1. The molecule has 0 aliphatic carbocycles. The fourth-order valence-electron chi connectivity index (χ4n) is 2.69. The third-order valence-corrected chi connectivity index (χ3v) is 4.82. The number of nitrogens with zero attached hydrogens (tertiary/aromatic N) is 3. The quantitative estimate of drug-likeness (QED) is 0.525. The van der Waals surface area contributed by atoms with E-state index in [0.29, 0.717) is 5.36 Å². The summed E-state index contributed by atoms with van der Waals surface area (Å²) in [6.07, 6.45) is 0. The average Bonchev–Trinajstić information content (AvgIpc) is 3.13. The molecule has 0 unspecified atom stereocenters. The van der Waals surface area contributed by atoms with Gasteiger partial charge in [0.15, 0.2) is 5.13 Å². The Kier molecular flexibility index (Phi) is 3.89. The number of hydrogen-bond acceptors (Lipinski definition) is 7. The molecule has 0 atom stereocenters. The van der Waals surface area contributed by atoms with Gasteiger partial charge in [-0.25, -0.2) is 9.38 Å². The van der Waals surface area contributed by atoms with Crippen LogP contribution in [-0.2, 0) is 4.79 Å². The molecule has 1 aliphatic heterocycles. The number of nitro benzene ring substituents is 1. The van der Waals surface area contributed by atoms with E-state index in [-0.39, 0.29) is 32.2 Å². The summed E-state index contributed by atoms with van der Waals surface area (Å²) < 4.78 is 13.6. The number of carbonyl (C=O) groups is 1. The van der Waals surface area contributed by atoms with Gasteiger partial charge in [0.05, 0.1) is 15.9 Å². The van der Waals surface area contributed by atoms with Crippen LogP contribution in [-0.4, -0.2) is 20.9 Å². The second-order valence-electron chi connectivity index (χ2n) is 5.52. The third kappa shape index (κ3) is 2.91. The van der Waals surface area contributed by atoms with Crippen molar-refractivity contribution in [2.24, 2.45) is 4.99 Å². The van der Waals surface area contributed by atoms with Gasteiger partial charge in [-0.3, -0.25) is 14.9 Å². The van der Waals surface area contributed by atoms with E-state index < -0.39 is 22.5 Å². The number of para-hydroxylation sites is 2. The van der Waals surface area contributed by atoms with Crippen LogP contribution in [0, 0.1) is 15.9 Å². The molecule has 3 aromatic rings. The highest BCUT2D eigenvalue weighted by atomic mass is 32.1. The molecule has 10 heteroatoms. The minimum absolute atomic E-state index is 0.0371. The first-order valence-corrected chi connectivity index (χ1v) is 8.39. The van der Waals surface area contributed by atoms with Crippen LogP contribution in [0.1, 0.15) is 4.88 Å². The molecule has 2 N–H and O–H groups in total. The number of benzene rings is 2. The number of thiazole rings is 1. The number of hydrogen-bond donors (Lipinski definition) is 2. The summed E-state index contributed by atoms with van der Waals surface area (Å²) in [5, 5.41) is 24.8. The molecule has 0 bridgehead atoms. The first kappa shape index (κ1) is 16.8. The molecule has 0 saturated heterocycles. The van der Waals surface area contributed by atoms with Crippen LogP contribution < -0.4 is 15.9 Å². The second kappa shape index (κ2) is 6.25. The monoisotopic (exact) mass is 384 g/mol. The van der Waals surface area contributed by atoms with Crippen molar-refractivity contribution in [3.8, 4) is 5.88 Å². The number of fused-ring (bicyclic) bond motifs is 1. The predicted octanol–water partition coefficient (Wildman–Crippen LogP) is 2.00. The van der Waals surface area contributed by atoms with Crippen molar-refractivity contribution in [2.45, 2.75) is 0 Å². The zero-order valence-electron chi connectivity index (χ0n) is 13.3. The van der Waals surface area contributed by atoms with E-state index >= 15 is 0 Å². The minimum Gasteiger partial charge on any atom is -0.492 e. The molecule has 0 saturated carbocycles. The zero-order chi connectivity index (χ0) is 19.1.